The molecule has 0 aliphatic heterocycles. The molecular formula is C14H20Cl2N2O. The van der Waals surface area contributed by atoms with Gasteiger partial charge in [0.15, 0.2) is 0 Å². The maximum atomic E-state index is 12.3. The summed E-state index contributed by atoms with van der Waals surface area (Å²) in [5, 5.41) is 1.14. The van der Waals surface area contributed by atoms with Gasteiger partial charge in [-0.1, -0.05) is 42.6 Å². The van der Waals surface area contributed by atoms with Crippen LogP contribution < -0.4 is 5.73 Å². The molecule has 106 valence electrons. The molecule has 0 saturated heterocycles. The predicted molar refractivity (Wildman–Crippen MR) is 80.4 cm³/mol. The van der Waals surface area contributed by atoms with Crippen LogP contribution in [0.1, 0.15) is 32.3 Å². The zero-order chi connectivity index (χ0) is 14.6. The number of benzene rings is 1. The minimum Gasteiger partial charge on any atom is -0.340 e. The Morgan fingerprint density at radius 1 is 1.42 bits per heavy atom. The summed E-state index contributed by atoms with van der Waals surface area (Å²) in [6, 6.07) is 5.25. The van der Waals surface area contributed by atoms with Gasteiger partial charge in [-0.2, -0.15) is 0 Å². The first-order valence-electron chi connectivity index (χ1n) is 6.26. The number of rotatable bonds is 5. The second kappa shape index (κ2) is 6.60. The summed E-state index contributed by atoms with van der Waals surface area (Å²) in [5.41, 5.74) is 6.07. The third-order valence-corrected chi connectivity index (χ3v) is 3.61. The van der Waals surface area contributed by atoms with E-state index in [9.17, 15) is 4.79 Å². The van der Waals surface area contributed by atoms with E-state index in [4.69, 9.17) is 28.9 Å². The summed E-state index contributed by atoms with van der Waals surface area (Å²) < 4.78 is 0. The maximum Gasteiger partial charge on any atom is 0.242 e. The van der Waals surface area contributed by atoms with Crippen molar-refractivity contribution in [2.75, 3.05) is 7.05 Å². The molecule has 0 aromatic heterocycles. The van der Waals surface area contributed by atoms with E-state index in [1.165, 1.54) is 0 Å². The van der Waals surface area contributed by atoms with Gasteiger partial charge in [-0.05, 0) is 31.0 Å². The van der Waals surface area contributed by atoms with Crippen molar-refractivity contribution in [3.63, 3.8) is 0 Å². The van der Waals surface area contributed by atoms with Crippen LogP contribution in [0.2, 0.25) is 10.0 Å². The molecule has 1 atom stereocenters. The third-order valence-electron chi connectivity index (χ3n) is 3.03. The van der Waals surface area contributed by atoms with Crippen LogP contribution in [0, 0.1) is 0 Å². The quantitative estimate of drug-likeness (QED) is 0.905. The van der Waals surface area contributed by atoms with Crippen LogP contribution in [0.4, 0.5) is 0 Å². The fourth-order valence-electron chi connectivity index (χ4n) is 2.04. The molecule has 2 N–H and O–H groups in total. The second-order valence-electron chi connectivity index (χ2n) is 5.06. The molecule has 0 aliphatic rings. The number of carbonyl (C=O) groups is 1. The van der Waals surface area contributed by atoms with Crippen LogP contribution in [0.5, 0.6) is 0 Å². The molecule has 0 saturated carbocycles. The van der Waals surface area contributed by atoms with Crippen LogP contribution >= 0.6 is 23.2 Å². The highest BCUT2D eigenvalue weighted by atomic mass is 35.5. The minimum atomic E-state index is -0.831. The van der Waals surface area contributed by atoms with E-state index >= 15 is 0 Å². The van der Waals surface area contributed by atoms with Crippen molar-refractivity contribution >= 4 is 29.1 Å². The van der Waals surface area contributed by atoms with Gasteiger partial charge in [0.05, 0.1) is 5.54 Å². The zero-order valence-corrected chi connectivity index (χ0v) is 13.1. The highest BCUT2D eigenvalue weighted by molar-refractivity contribution is 6.35. The molecule has 1 amide bonds. The molecular weight excluding hydrogens is 283 g/mol. The van der Waals surface area contributed by atoms with Gasteiger partial charge in [0.25, 0.3) is 0 Å². The average Bonchev–Trinajstić information content (AvgIpc) is 2.31. The first kappa shape index (κ1) is 16.3. The Morgan fingerprint density at radius 3 is 2.58 bits per heavy atom. The number of nitrogens with zero attached hydrogens (tertiary/aromatic N) is 1. The Balaban J connectivity index is 2.79. The Hall–Kier alpha value is -0.770. The molecule has 0 aliphatic carbocycles. The smallest absolute Gasteiger partial charge is 0.242 e. The van der Waals surface area contributed by atoms with Crippen molar-refractivity contribution < 1.29 is 4.79 Å². The predicted octanol–water partition coefficient (Wildman–Crippen LogP) is 3.47. The lowest BCUT2D eigenvalue weighted by Crippen LogP contribution is -2.51. The fourth-order valence-corrected chi connectivity index (χ4v) is 2.51. The number of hydrogen-bond acceptors (Lipinski definition) is 2. The van der Waals surface area contributed by atoms with Crippen LogP contribution in [0.3, 0.4) is 0 Å². The molecule has 1 aromatic rings. The Labute approximate surface area is 124 Å². The summed E-state index contributed by atoms with van der Waals surface area (Å²) in [6.45, 7) is 4.19. The first-order chi connectivity index (χ1) is 8.77. The molecule has 19 heavy (non-hydrogen) atoms. The Bertz CT molecular complexity index is 461. The van der Waals surface area contributed by atoms with Crippen molar-refractivity contribution in [2.24, 2.45) is 5.73 Å². The topological polar surface area (TPSA) is 46.3 Å². The highest BCUT2D eigenvalue weighted by Gasteiger charge is 2.30. The molecule has 0 fully saturated rings. The normalized spacial score (nSPS) is 14.0. The van der Waals surface area contributed by atoms with Gasteiger partial charge in [0.2, 0.25) is 5.91 Å². The summed E-state index contributed by atoms with van der Waals surface area (Å²) in [6.07, 6.45) is 1.53. The van der Waals surface area contributed by atoms with E-state index in [0.717, 1.165) is 12.0 Å². The third kappa shape index (κ3) is 4.37. The minimum absolute atomic E-state index is 0.0830. The highest BCUT2D eigenvalue weighted by Crippen LogP contribution is 2.23. The average molecular weight is 303 g/mol. The van der Waals surface area contributed by atoms with Gasteiger partial charge in [0.1, 0.15) is 0 Å². The molecule has 3 nitrogen and oxygen atoms in total. The van der Waals surface area contributed by atoms with Crippen molar-refractivity contribution in [3.05, 3.63) is 33.8 Å². The number of nitrogens with two attached hydrogens (primary N) is 1. The van der Waals surface area contributed by atoms with E-state index in [0.29, 0.717) is 23.0 Å². The number of hydrogen-bond donors (Lipinski definition) is 1. The van der Waals surface area contributed by atoms with Crippen LogP contribution in [0.15, 0.2) is 18.2 Å². The molecule has 0 radical (unpaired) electrons. The lowest BCUT2D eigenvalue weighted by atomic mass is 9.96. The van der Waals surface area contributed by atoms with Gasteiger partial charge in [-0.3, -0.25) is 4.79 Å². The van der Waals surface area contributed by atoms with Crippen molar-refractivity contribution in [3.8, 4) is 0 Å². The van der Waals surface area contributed by atoms with Gasteiger partial charge in [0, 0.05) is 23.6 Å². The zero-order valence-electron chi connectivity index (χ0n) is 11.5. The lowest BCUT2D eigenvalue weighted by molar-refractivity contribution is -0.135. The fraction of sp³-hybridized carbons (Fsp3) is 0.500. The molecule has 1 aromatic carbocycles. The standard InChI is InChI=1S/C14H20Cl2N2O/c1-4-7-14(2,17)13(19)18(3)9-10-5-6-11(15)8-12(10)16/h5-6,8H,4,7,9,17H2,1-3H3. The van der Waals surface area contributed by atoms with Crippen molar-refractivity contribution in [2.45, 2.75) is 38.8 Å². The number of carbonyl (C=O) groups excluding carboxylic acids is 1. The van der Waals surface area contributed by atoms with Crippen molar-refractivity contribution in [1.82, 2.24) is 4.90 Å². The van der Waals surface area contributed by atoms with Crippen LogP contribution in [-0.2, 0) is 11.3 Å². The molecule has 1 rings (SSSR count). The molecule has 5 heteroatoms. The summed E-state index contributed by atoms with van der Waals surface area (Å²) in [4.78, 5) is 13.9. The molecule has 0 heterocycles. The second-order valence-corrected chi connectivity index (χ2v) is 5.91. The van der Waals surface area contributed by atoms with Gasteiger partial charge in [-0.15, -0.1) is 0 Å². The Kier molecular flexibility index (Phi) is 5.65. The summed E-state index contributed by atoms with van der Waals surface area (Å²) >= 11 is 11.9. The SMILES string of the molecule is CCCC(C)(N)C(=O)N(C)Cc1ccc(Cl)cc1Cl. The summed E-state index contributed by atoms with van der Waals surface area (Å²) in [7, 11) is 1.73. The van der Waals surface area contributed by atoms with E-state index in [-0.39, 0.29) is 5.91 Å². The van der Waals surface area contributed by atoms with E-state index in [1.807, 2.05) is 13.0 Å². The van der Waals surface area contributed by atoms with Crippen LogP contribution in [-0.4, -0.2) is 23.4 Å². The molecule has 1 unspecified atom stereocenters. The van der Waals surface area contributed by atoms with E-state index in [1.54, 1.807) is 31.0 Å². The number of amides is 1. The number of halogens is 2. The van der Waals surface area contributed by atoms with E-state index < -0.39 is 5.54 Å². The summed E-state index contributed by atoms with van der Waals surface area (Å²) in [5.74, 6) is -0.0830. The molecule has 0 spiro atoms. The maximum absolute atomic E-state index is 12.3. The van der Waals surface area contributed by atoms with Gasteiger partial charge < -0.3 is 10.6 Å². The van der Waals surface area contributed by atoms with Gasteiger partial charge >= 0.3 is 0 Å². The Morgan fingerprint density at radius 2 is 2.05 bits per heavy atom. The lowest BCUT2D eigenvalue weighted by Gasteiger charge is -2.29. The monoisotopic (exact) mass is 302 g/mol. The molecule has 0 bridgehead atoms. The van der Waals surface area contributed by atoms with E-state index in [2.05, 4.69) is 0 Å². The largest absolute Gasteiger partial charge is 0.340 e. The van der Waals surface area contributed by atoms with Crippen molar-refractivity contribution in [1.29, 1.82) is 0 Å². The van der Waals surface area contributed by atoms with Crippen LogP contribution in [0.25, 0.3) is 0 Å². The van der Waals surface area contributed by atoms with Gasteiger partial charge in [-0.25, -0.2) is 0 Å². The first-order valence-corrected chi connectivity index (χ1v) is 7.02. The number of likely N-dealkylation sites (N-methyl/N-ethyl adjacent to an activating group) is 1.